The van der Waals surface area contributed by atoms with Crippen molar-refractivity contribution in [3.63, 3.8) is 0 Å². The first-order valence-electron chi connectivity index (χ1n) is 6.26. The van der Waals surface area contributed by atoms with Crippen molar-refractivity contribution in [3.05, 3.63) is 24.3 Å². The van der Waals surface area contributed by atoms with Gasteiger partial charge in [0.25, 0.3) is 0 Å². The summed E-state index contributed by atoms with van der Waals surface area (Å²) in [5.74, 6) is 0.886. The van der Waals surface area contributed by atoms with E-state index in [1.54, 1.807) is 24.3 Å². The Balaban J connectivity index is 2.57. The minimum atomic E-state index is -3.12. The zero-order valence-electron chi connectivity index (χ0n) is 11.0. The maximum atomic E-state index is 11.8. The molecule has 1 rings (SSSR count). The summed E-state index contributed by atoms with van der Waals surface area (Å²) in [6.07, 6.45) is 0.628. The smallest absolute Gasteiger partial charge is 0.178 e. The molecule has 5 heteroatoms. The van der Waals surface area contributed by atoms with Crippen LogP contribution in [0.4, 0.5) is 0 Å². The maximum absolute atomic E-state index is 11.8. The first-order valence-corrected chi connectivity index (χ1v) is 7.91. The molecule has 0 saturated heterocycles. The number of ether oxygens (including phenoxy) is 1. The van der Waals surface area contributed by atoms with Gasteiger partial charge < -0.3 is 10.1 Å². The lowest BCUT2D eigenvalue weighted by atomic mass is 10.3. The van der Waals surface area contributed by atoms with Crippen molar-refractivity contribution in [2.45, 2.75) is 25.2 Å². The lowest BCUT2D eigenvalue weighted by molar-refractivity contribution is 0.315. The predicted octanol–water partition coefficient (Wildman–Crippen LogP) is 1.86. The minimum Gasteiger partial charge on any atom is -0.492 e. The molecule has 4 nitrogen and oxygen atoms in total. The van der Waals surface area contributed by atoms with E-state index in [0.717, 1.165) is 13.1 Å². The molecule has 102 valence electrons. The first kappa shape index (κ1) is 15.0. The Labute approximate surface area is 109 Å². The van der Waals surface area contributed by atoms with Crippen molar-refractivity contribution in [2.24, 2.45) is 0 Å². The topological polar surface area (TPSA) is 55.4 Å². The highest BCUT2D eigenvalue weighted by atomic mass is 32.2. The van der Waals surface area contributed by atoms with E-state index in [9.17, 15) is 8.42 Å². The summed E-state index contributed by atoms with van der Waals surface area (Å²) in [5.41, 5.74) is 0. The molecule has 0 radical (unpaired) electrons. The largest absolute Gasteiger partial charge is 0.492 e. The molecule has 0 heterocycles. The van der Waals surface area contributed by atoms with Gasteiger partial charge in [-0.05, 0) is 37.2 Å². The molecule has 0 spiro atoms. The Morgan fingerprint density at radius 1 is 1.17 bits per heavy atom. The Hall–Kier alpha value is -1.07. The van der Waals surface area contributed by atoms with Gasteiger partial charge in [0.1, 0.15) is 12.4 Å². The monoisotopic (exact) mass is 271 g/mol. The van der Waals surface area contributed by atoms with E-state index in [1.165, 1.54) is 0 Å². The highest BCUT2D eigenvalue weighted by Gasteiger charge is 2.12. The summed E-state index contributed by atoms with van der Waals surface area (Å²) in [4.78, 5) is 0.364. The van der Waals surface area contributed by atoms with Gasteiger partial charge in [-0.15, -0.1) is 0 Å². The molecule has 0 atom stereocenters. The molecule has 0 aliphatic rings. The fraction of sp³-hybridized carbons (Fsp3) is 0.538. The number of likely N-dealkylation sites (N-methyl/N-ethyl adjacent to an activating group) is 1. The van der Waals surface area contributed by atoms with Crippen LogP contribution in [0.3, 0.4) is 0 Å². The number of sulfone groups is 1. The summed E-state index contributed by atoms with van der Waals surface area (Å²) in [6, 6.07) is 6.62. The number of hydrogen-bond acceptors (Lipinski definition) is 4. The van der Waals surface area contributed by atoms with Crippen LogP contribution in [-0.4, -0.2) is 33.9 Å². The quantitative estimate of drug-likeness (QED) is 0.733. The van der Waals surface area contributed by atoms with Gasteiger partial charge in [-0.1, -0.05) is 13.8 Å². The molecule has 1 N–H and O–H groups in total. The lowest BCUT2D eigenvalue weighted by Crippen LogP contribution is -2.20. The number of nitrogens with one attached hydrogen (secondary N) is 1. The van der Waals surface area contributed by atoms with E-state index in [-0.39, 0.29) is 5.75 Å². The van der Waals surface area contributed by atoms with Crippen molar-refractivity contribution >= 4 is 9.84 Å². The predicted molar refractivity (Wildman–Crippen MR) is 72.8 cm³/mol. The van der Waals surface area contributed by atoms with Gasteiger partial charge >= 0.3 is 0 Å². The van der Waals surface area contributed by atoms with Crippen molar-refractivity contribution in [2.75, 3.05) is 25.4 Å². The first-order chi connectivity index (χ1) is 8.60. The average Bonchev–Trinajstić information content (AvgIpc) is 2.35. The van der Waals surface area contributed by atoms with Crippen LogP contribution in [0.15, 0.2) is 29.2 Å². The van der Waals surface area contributed by atoms with Gasteiger partial charge in [-0.2, -0.15) is 0 Å². The normalized spacial score (nSPS) is 11.4. The minimum absolute atomic E-state index is 0.188. The van der Waals surface area contributed by atoms with Gasteiger partial charge in [-0.3, -0.25) is 0 Å². The van der Waals surface area contributed by atoms with Crippen LogP contribution in [-0.2, 0) is 9.84 Å². The molecular weight excluding hydrogens is 250 g/mol. The van der Waals surface area contributed by atoms with Crippen molar-refractivity contribution in [1.29, 1.82) is 0 Å². The molecule has 0 fully saturated rings. The van der Waals surface area contributed by atoms with Crippen LogP contribution in [0.5, 0.6) is 5.75 Å². The molecule has 0 amide bonds. The van der Waals surface area contributed by atoms with E-state index in [0.29, 0.717) is 23.7 Å². The molecule has 0 saturated carbocycles. The van der Waals surface area contributed by atoms with Crippen LogP contribution in [0, 0.1) is 0 Å². The molecular formula is C13H21NO3S. The molecule has 0 aliphatic carbocycles. The third-order valence-electron chi connectivity index (χ3n) is 2.45. The standard InChI is InChI=1S/C13H21NO3S/c1-3-11-18(15,16)13-7-5-12(6-8-13)17-10-9-14-4-2/h5-8,14H,3-4,9-11H2,1-2H3. The lowest BCUT2D eigenvalue weighted by Gasteiger charge is -2.07. The second-order valence-electron chi connectivity index (χ2n) is 3.99. The summed E-state index contributed by atoms with van der Waals surface area (Å²) in [6.45, 7) is 6.17. The molecule has 18 heavy (non-hydrogen) atoms. The number of rotatable bonds is 8. The van der Waals surface area contributed by atoms with Gasteiger partial charge in [0.2, 0.25) is 0 Å². The number of hydrogen-bond donors (Lipinski definition) is 1. The molecule has 0 bridgehead atoms. The molecule has 0 aromatic heterocycles. The Morgan fingerprint density at radius 2 is 1.83 bits per heavy atom. The van der Waals surface area contributed by atoms with Gasteiger partial charge in [0.05, 0.1) is 10.6 Å². The highest BCUT2D eigenvalue weighted by molar-refractivity contribution is 7.91. The fourth-order valence-corrected chi connectivity index (χ4v) is 2.87. The third kappa shape index (κ3) is 4.66. The Morgan fingerprint density at radius 3 is 2.39 bits per heavy atom. The zero-order chi connectivity index (χ0) is 13.4. The average molecular weight is 271 g/mol. The summed E-state index contributed by atoms with van der Waals surface area (Å²) in [5, 5.41) is 3.15. The highest BCUT2D eigenvalue weighted by Crippen LogP contribution is 2.17. The van der Waals surface area contributed by atoms with E-state index in [4.69, 9.17) is 4.74 Å². The second kappa shape index (κ2) is 7.38. The number of benzene rings is 1. The van der Waals surface area contributed by atoms with Crippen LogP contribution in [0.2, 0.25) is 0 Å². The van der Waals surface area contributed by atoms with E-state index >= 15 is 0 Å². The van der Waals surface area contributed by atoms with Crippen molar-refractivity contribution < 1.29 is 13.2 Å². The van der Waals surface area contributed by atoms with Gasteiger partial charge in [0, 0.05) is 6.54 Å². The van der Waals surface area contributed by atoms with Crippen LogP contribution < -0.4 is 10.1 Å². The molecule has 1 aromatic carbocycles. The summed E-state index contributed by atoms with van der Waals surface area (Å²) >= 11 is 0. The zero-order valence-corrected chi connectivity index (χ0v) is 11.8. The molecule has 1 aromatic rings. The van der Waals surface area contributed by atoms with Crippen LogP contribution >= 0.6 is 0 Å². The van der Waals surface area contributed by atoms with Gasteiger partial charge in [-0.25, -0.2) is 8.42 Å². The van der Waals surface area contributed by atoms with Crippen LogP contribution in [0.25, 0.3) is 0 Å². The fourth-order valence-electron chi connectivity index (χ4n) is 1.55. The van der Waals surface area contributed by atoms with Crippen molar-refractivity contribution in [1.82, 2.24) is 5.32 Å². The Kier molecular flexibility index (Phi) is 6.15. The summed E-state index contributed by atoms with van der Waals surface area (Å²) < 4.78 is 29.1. The van der Waals surface area contributed by atoms with Crippen LogP contribution in [0.1, 0.15) is 20.3 Å². The molecule has 0 aliphatic heterocycles. The van der Waals surface area contributed by atoms with E-state index in [1.807, 2.05) is 13.8 Å². The van der Waals surface area contributed by atoms with Crippen molar-refractivity contribution in [3.8, 4) is 5.75 Å². The van der Waals surface area contributed by atoms with E-state index < -0.39 is 9.84 Å². The molecule has 0 unspecified atom stereocenters. The maximum Gasteiger partial charge on any atom is 0.178 e. The summed E-state index contributed by atoms with van der Waals surface area (Å²) in [7, 11) is -3.12. The Bertz CT molecular complexity index is 440. The second-order valence-corrected chi connectivity index (χ2v) is 6.10. The SMILES string of the molecule is CCCS(=O)(=O)c1ccc(OCCNCC)cc1. The van der Waals surface area contributed by atoms with E-state index in [2.05, 4.69) is 5.32 Å². The van der Waals surface area contributed by atoms with Gasteiger partial charge in [0.15, 0.2) is 9.84 Å². The third-order valence-corrected chi connectivity index (χ3v) is 4.39.